The van der Waals surface area contributed by atoms with Crippen LogP contribution in [0.2, 0.25) is 0 Å². The van der Waals surface area contributed by atoms with E-state index in [0.717, 1.165) is 19.8 Å². The van der Waals surface area contributed by atoms with Crippen LogP contribution in [0.1, 0.15) is 85.0 Å². The van der Waals surface area contributed by atoms with Crippen LogP contribution in [0.4, 0.5) is 0 Å². The van der Waals surface area contributed by atoms with Gasteiger partial charge in [-0.15, -0.1) is 0 Å². The first-order valence-electron chi connectivity index (χ1n) is 8.54. The van der Waals surface area contributed by atoms with Crippen LogP contribution in [0.25, 0.3) is 0 Å². The summed E-state index contributed by atoms with van der Waals surface area (Å²) in [6, 6.07) is 0. The number of hydrogen-bond donors (Lipinski definition) is 0. The molecule has 1 rings (SSSR count). The summed E-state index contributed by atoms with van der Waals surface area (Å²) < 4.78 is 10.2. The van der Waals surface area contributed by atoms with Crippen molar-refractivity contribution < 1.29 is 9.47 Å². The quantitative estimate of drug-likeness (QED) is 0.353. The molecule has 1 aliphatic heterocycles. The van der Waals surface area contributed by atoms with E-state index in [1.807, 2.05) is 0 Å². The molecule has 0 aliphatic carbocycles. The van der Waals surface area contributed by atoms with Crippen LogP contribution in [-0.4, -0.2) is 25.9 Å². The fraction of sp³-hybridized carbons (Fsp3) is 1.00. The number of epoxide rings is 1. The lowest BCUT2D eigenvalue weighted by Crippen LogP contribution is -2.01. The first kappa shape index (κ1) is 18.9. The SMILES string of the molecule is CCCCCCCCCC.CCCCOCC1CO1. The second-order valence-corrected chi connectivity index (χ2v) is 5.51. The van der Waals surface area contributed by atoms with Gasteiger partial charge in [0, 0.05) is 6.61 Å². The van der Waals surface area contributed by atoms with Gasteiger partial charge in [-0.25, -0.2) is 0 Å². The van der Waals surface area contributed by atoms with E-state index in [2.05, 4.69) is 20.8 Å². The Bertz CT molecular complexity index is 147. The molecule has 1 saturated heterocycles. The Labute approximate surface area is 121 Å². The summed E-state index contributed by atoms with van der Waals surface area (Å²) in [5, 5.41) is 0. The Balaban J connectivity index is 0.000000342. The van der Waals surface area contributed by atoms with Crippen LogP contribution in [0, 0.1) is 0 Å². The van der Waals surface area contributed by atoms with Gasteiger partial charge in [0.05, 0.1) is 13.2 Å². The van der Waals surface area contributed by atoms with Crippen molar-refractivity contribution in [2.45, 2.75) is 91.1 Å². The van der Waals surface area contributed by atoms with Crippen molar-refractivity contribution in [3.8, 4) is 0 Å². The Morgan fingerprint density at radius 2 is 1.26 bits per heavy atom. The molecule has 1 atom stereocenters. The third kappa shape index (κ3) is 17.9. The molecule has 0 aromatic rings. The lowest BCUT2D eigenvalue weighted by Gasteiger charge is -1.97. The minimum atomic E-state index is 0.432. The third-order valence-corrected chi connectivity index (χ3v) is 3.31. The van der Waals surface area contributed by atoms with Crippen molar-refractivity contribution >= 4 is 0 Å². The highest BCUT2D eigenvalue weighted by molar-refractivity contribution is 4.66. The summed E-state index contributed by atoms with van der Waals surface area (Å²) in [5.41, 5.74) is 0. The monoisotopic (exact) mass is 272 g/mol. The Kier molecular flexibility index (Phi) is 15.9. The summed E-state index contributed by atoms with van der Waals surface area (Å²) in [7, 11) is 0. The largest absolute Gasteiger partial charge is 0.379 e. The van der Waals surface area contributed by atoms with E-state index in [4.69, 9.17) is 9.47 Å². The second-order valence-electron chi connectivity index (χ2n) is 5.51. The predicted molar refractivity (Wildman–Crippen MR) is 83.8 cm³/mol. The molecule has 0 amide bonds. The topological polar surface area (TPSA) is 21.8 Å². The minimum Gasteiger partial charge on any atom is -0.379 e. The average Bonchev–Trinajstić information content (AvgIpc) is 3.24. The first-order valence-corrected chi connectivity index (χ1v) is 8.54. The second kappa shape index (κ2) is 16.0. The standard InChI is InChI=1S/C10H22.C7H14O2/c1-3-5-7-9-10-8-6-4-2;1-2-3-4-8-5-7-6-9-7/h3-10H2,1-2H3;7H,2-6H2,1H3. The van der Waals surface area contributed by atoms with Gasteiger partial charge in [0.1, 0.15) is 6.10 Å². The highest BCUT2D eigenvalue weighted by atomic mass is 16.6. The molecule has 116 valence electrons. The molecule has 0 radical (unpaired) electrons. The highest BCUT2D eigenvalue weighted by Crippen LogP contribution is 2.08. The Hall–Kier alpha value is -0.0800. The molecule has 0 saturated carbocycles. The zero-order valence-electron chi connectivity index (χ0n) is 13.6. The predicted octanol–water partition coefficient (Wildman–Crippen LogP) is 5.35. The van der Waals surface area contributed by atoms with Crippen LogP contribution >= 0.6 is 0 Å². The van der Waals surface area contributed by atoms with Gasteiger partial charge in [0.2, 0.25) is 0 Å². The molecule has 1 fully saturated rings. The highest BCUT2D eigenvalue weighted by Gasteiger charge is 2.21. The van der Waals surface area contributed by atoms with E-state index >= 15 is 0 Å². The van der Waals surface area contributed by atoms with Gasteiger partial charge < -0.3 is 9.47 Å². The molecule has 0 spiro atoms. The molecule has 2 heteroatoms. The molecule has 1 heterocycles. The van der Waals surface area contributed by atoms with E-state index in [-0.39, 0.29) is 0 Å². The molecule has 1 aliphatic rings. The molecule has 19 heavy (non-hydrogen) atoms. The molecule has 0 aromatic carbocycles. The number of hydrogen-bond acceptors (Lipinski definition) is 2. The first-order chi connectivity index (χ1) is 9.35. The Morgan fingerprint density at radius 3 is 1.68 bits per heavy atom. The summed E-state index contributed by atoms with van der Waals surface area (Å²) in [6.45, 7) is 9.32. The minimum absolute atomic E-state index is 0.432. The van der Waals surface area contributed by atoms with Gasteiger partial charge in [0.15, 0.2) is 0 Å². The molecule has 2 nitrogen and oxygen atoms in total. The number of unbranched alkanes of at least 4 members (excludes halogenated alkanes) is 8. The lowest BCUT2D eigenvalue weighted by atomic mass is 10.1. The van der Waals surface area contributed by atoms with Crippen molar-refractivity contribution in [3.63, 3.8) is 0 Å². The summed E-state index contributed by atoms with van der Waals surface area (Å²) in [6.07, 6.45) is 14.3. The van der Waals surface area contributed by atoms with Crippen LogP contribution in [0.5, 0.6) is 0 Å². The van der Waals surface area contributed by atoms with Gasteiger partial charge in [-0.3, -0.25) is 0 Å². The van der Waals surface area contributed by atoms with Gasteiger partial charge in [-0.05, 0) is 6.42 Å². The van der Waals surface area contributed by atoms with E-state index in [1.165, 1.54) is 64.2 Å². The van der Waals surface area contributed by atoms with Crippen molar-refractivity contribution in [1.82, 2.24) is 0 Å². The molecule has 1 unspecified atom stereocenters. The zero-order valence-corrected chi connectivity index (χ0v) is 13.6. The van der Waals surface area contributed by atoms with Crippen LogP contribution in [0.3, 0.4) is 0 Å². The average molecular weight is 272 g/mol. The normalized spacial score (nSPS) is 16.9. The Morgan fingerprint density at radius 1 is 0.789 bits per heavy atom. The smallest absolute Gasteiger partial charge is 0.104 e. The van der Waals surface area contributed by atoms with Crippen molar-refractivity contribution in [1.29, 1.82) is 0 Å². The fourth-order valence-electron chi connectivity index (χ4n) is 1.83. The van der Waals surface area contributed by atoms with Gasteiger partial charge in [-0.2, -0.15) is 0 Å². The summed E-state index contributed by atoms with van der Waals surface area (Å²) >= 11 is 0. The maximum atomic E-state index is 5.27. The lowest BCUT2D eigenvalue weighted by molar-refractivity contribution is 0.114. The van der Waals surface area contributed by atoms with Gasteiger partial charge in [0.25, 0.3) is 0 Å². The van der Waals surface area contributed by atoms with Gasteiger partial charge >= 0.3 is 0 Å². The van der Waals surface area contributed by atoms with E-state index in [9.17, 15) is 0 Å². The van der Waals surface area contributed by atoms with Crippen LogP contribution in [0.15, 0.2) is 0 Å². The molecule has 0 bridgehead atoms. The maximum absolute atomic E-state index is 5.27. The van der Waals surface area contributed by atoms with Crippen molar-refractivity contribution in [3.05, 3.63) is 0 Å². The summed E-state index contributed by atoms with van der Waals surface area (Å²) in [5.74, 6) is 0. The van der Waals surface area contributed by atoms with Crippen LogP contribution < -0.4 is 0 Å². The van der Waals surface area contributed by atoms with E-state index in [1.54, 1.807) is 0 Å². The number of rotatable bonds is 12. The zero-order chi connectivity index (χ0) is 14.2. The molecular formula is C17H36O2. The molecule has 0 aromatic heterocycles. The number of ether oxygens (including phenoxy) is 2. The van der Waals surface area contributed by atoms with Crippen molar-refractivity contribution in [2.24, 2.45) is 0 Å². The third-order valence-electron chi connectivity index (χ3n) is 3.31. The fourth-order valence-corrected chi connectivity index (χ4v) is 1.83. The van der Waals surface area contributed by atoms with E-state index in [0.29, 0.717) is 6.10 Å². The maximum Gasteiger partial charge on any atom is 0.104 e. The summed E-state index contributed by atoms with van der Waals surface area (Å²) in [4.78, 5) is 0. The molecule has 0 N–H and O–H groups in total. The van der Waals surface area contributed by atoms with E-state index < -0.39 is 0 Å². The van der Waals surface area contributed by atoms with Gasteiger partial charge in [-0.1, -0.05) is 78.6 Å². The van der Waals surface area contributed by atoms with Crippen LogP contribution in [-0.2, 0) is 9.47 Å². The van der Waals surface area contributed by atoms with Crippen molar-refractivity contribution in [2.75, 3.05) is 19.8 Å². The molecular weight excluding hydrogens is 236 g/mol.